The van der Waals surface area contributed by atoms with Gasteiger partial charge in [-0.25, -0.2) is 4.98 Å². The Morgan fingerprint density at radius 2 is 2.19 bits per heavy atom. The van der Waals surface area contributed by atoms with Gasteiger partial charge in [0, 0.05) is 25.9 Å². The quantitative estimate of drug-likeness (QED) is 0.387. The predicted octanol–water partition coefficient (Wildman–Crippen LogP) is 0.0610. The zero-order valence-electron chi connectivity index (χ0n) is 9.61. The summed E-state index contributed by atoms with van der Waals surface area (Å²) >= 11 is 1.62. The van der Waals surface area contributed by atoms with Crippen LogP contribution in [0.3, 0.4) is 0 Å². The van der Waals surface area contributed by atoms with E-state index in [0.717, 1.165) is 16.5 Å². The van der Waals surface area contributed by atoms with Crippen LogP contribution < -0.4 is 16.6 Å². The number of hydrogen-bond acceptors (Lipinski definition) is 4. The molecular weight excluding hydrogens is 224 g/mol. The maximum Gasteiger partial charge on any atom is 0.207 e. The third-order valence-electron chi connectivity index (χ3n) is 1.86. The highest BCUT2D eigenvalue weighted by atomic mass is 32.1. The Morgan fingerprint density at radius 3 is 2.69 bits per heavy atom. The SMILES string of the molecule is CN=C(N)NNC(Cc1csc(C)n1)=NC. The van der Waals surface area contributed by atoms with E-state index in [1.165, 1.54) is 0 Å². The van der Waals surface area contributed by atoms with Gasteiger partial charge in [-0.05, 0) is 6.92 Å². The number of guanidine groups is 1. The lowest BCUT2D eigenvalue weighted by Crippen LogP contribution is -2.46. The molecule has 0 atom stereocenters. The molecule has 0 aliphatic rings. The third-order valence-corrected chi connectivity index (χ3v) is 2.68. The summed E-state index contributed by atoms with van der Waals surface area (Å²) in [5.74, 6) is 1.08. The van der Waals surface area contributed by atoms with E-state index in [1.54, 1.807) is 25.4 Å². The first-order valence-corrected chi connectivity index (χ1v) is 5.64. The lowest BCUT2D eigenvalue weighted by molar-refractivity contribution is 0.830. The number of thiazole rings is 1. The second-order valence-electron chi connectivity index (χ2n) is 3.06. The van der Waals surface area contributed by atoms with Crippen molar-refractivity contribution in [2.45, 2.75) is 13.3 Å². The first-order chi connectivity index (χ1) is 7.65. The van der Waals surface area contributed by atoms with Crippen LogP contribution >= 0.6 is 11.3 Å². The predicted molar refractivity (Wildman–Crippen MR) is 67.7 cm³/mol. The molecule has 0 saturated carbocycles. The average Bonchev–Trinajstić information content (AvgIpc) is 2.69. The molecule has 0 aliphatic carbocycles. The number of hydrogen-bond donors (Lipinski definition) is 3. The second-order valence-corrected chi connectivity index (χ2v) is 4.13. The Labute approximate surface area is 98.7 Å². The Balaban J connectivity index is 2.50. The van der Waals surface area contributed by atoms with Crippen molar-refractivity contribution in [3.63, 3.8) is 0 Å². The van der Waals surface area contributed by atoms with Crippen LogP contribution in [0.2, 0.25) is 0 Å². The fraction of sp³-hybridized carbons (Fsp3) is 0.444. The normalized spacial score (nSPS) is 12.7. The van der Waals surface area contributed by atoms with Crippen molar-refractivity contribution in [3.05, 3.63) is 16.1 Å². The first kappa shape index (κ1) is 12.4. The molecule has 7 heteroatoms. The van der Waals surface area contributed by atoms with E-state index in [-0.39, 0.29) is 0 Å². The summed E-state index contributed by atoms with van der Waals surface area (Å²) in [6.07, 6.45) is 0.644. The van der Waals surface area contributed by atoms with Crippen molar-refractivity contribution in [1.82, 2.24) is 15.8 Å². The van der Waals surface area contributed by atoms with Gasteiger partial charge >= 0.3 is 0 Å². The summed E-state index contributed by atoms with van der Waals surface area (Å²) in [6.45, 7) is 1.98. The van der Waals surface area contributed by atoms with E-state index in [1.807, 2.05) is 12.3 Å². The highest BCUT2D eigenvalue weighted by Crippen LogP contribution is 2.08. The molecule has 0 unspecified atom stereocenters. The Hall–Kier alpha value is -1.63. The minimum atomic E-state index is 0.315. The molecule has 0 radical (unpaired) electrons. The highest BCUT2D eigenvalue weighted by Gasteiger charge is 2.03. The molecule has 0 saturated heterocycles. The van der Waals surface area contributed by atoms with E-state index >= 15 is 0 Å². The van der Waals surface area contributed by atoms with E-state index < -0.39 is 0 Å². The number of amidine groups is 1. The van der Waals surface area contributed by atoms with Gasteiger partial charge < -0.3 is 5.73 Å². The maximum absolute atomic E-state index is 5.48. The first-order valence-electron chi connectivity index (χ1n) is 4.76. The molecule has 4 N–H and O–H groups in total. The summed E-state index contributed by atoms with van der Waals surface area (Å²) in [5, 5.41) is 3.06. The molecule has 1 aromatic heterocycles. The molecule has 0 spiro atoms. The fourth-order valence-corrected chi connectivity index (χ4v) is 1.64. The van der Waals surface area contributed by atoms with E-state index in [9.17, 15) is 0 Å². The largest absolute Gasteiger partial charge is 0.369 e. The number of nitrogens with one attached hydrogen (secondary N) is 2. The van der Waals surface area contributed by atoms with Gasteiger partial charge in [0.2, 0.25) is 5.96 Å². The Bertz CT molecular complexity index is 394. The highest BCUT2D eigenvalue weighted by molar-refractivity contribution is 7.09. The van der Waals surface area contributed by atoms with Gasteiger partial charge in [-0.15, -0.1) is 11.3 Å². The molecule has 1 rings (SSSR count). The molecular formula is C9H16N6S. The molecule has 0 aromatic carbocycles. The van der Waals surface area contributed by atoms with Crippen molar-refractivity contribution in [2.24, 2.45) is 15.7 Å². The topological polar surface area (TPSA) is 87.7 Å². The monoisotopic (exact) mass is 240 g/mol. The minimum Gasteiger partial charge on any atom is -0.369 e. The maximum atomic E-state index is 5.48. The fourth-order valence-electron chi connectivity index (χ4n) is 1.03. The molecule has 1 heterocycles. The number of aromatic nitrogens is 1. The lowest BCUT2D eigenvalue weighted by atomic mass is 10.3. The molecule has 88 valence electrons. The smallest absolute Gasteiger partial charge is 0.207 e. The van der Waals surface area contributed by atoms with Gasteiger partial charge in [0.05, 0.1) is 10.7 Å². The van der Waals surface area contributed by atoms with Gasteiger partial charge in [0.1, 0.15) is 5.84 Å². The average molecular weight is 240 g/mol. The summed E-state index contributed by atoms with van der Waals surface area (Å²) in [4.78, 5) is 12.2. The van der Waals surface area contributed by atoms with Crippen molar-refractivity contribution in [3.8, 4) is 0 Å². The van der Waals surface area contributed by atoms with Gasteiger partial charge in [-0.3, -0.25) is 20.8 Å². The molecule has 0 amide bonds. The van der Waals surface area contributed by atoms with Crippen LogP contribution in [0.25, 0.3) is 0 Å². The summed E-state index contributed by atoms with van der Waals surface area (Å²) in [5.41, 5.74) is 12.1. The number of hydrazine groups is 1. The van der Waals surface area contributed by atoms with Gasteiger partial charge in [0.15, 0.2) is 0 Å². The van der Waals surface area contributed by atoms with E-state index in [2.05, 4.69) is 25.8 Å². The summed E-state index contributed by atoms with van der Waals surface area (Å²) in [6, 6.07) is 0. The van der Waals surface area contributed by atoms with Crippen LogP contribution in [-0.2, 0) is 6.42 Å². The molecule has 0 aliphatic heterocycles. The number of nitrogens with zero attached hydrogens (tertiary/aromatic N) is 3. The Kier molecular flexibility index (Phi) is 4.71. The van der Waals surface area contributed by atoms with E-state index in [0.29, 0.717) is 12.4 Å². The van der Waals surface area contributed by atoms with Gasteiger partial charge in [0.25, 0.3) is 0 Å². The molecule has 6 nitrogen and oxygen atoms in total. The number of nitrogens with two attached hydrogens (primary N) is 1. The standard InChI is InChI=1S/C9H16N6S/c1-6-13-7(5-16-6)4-8(11-2)14-15-9(10)12-3/h5H,4H2,1-3H3,(H,11,14)(H3,10,12,15). The van der Waals surface area contributed by atoms with Crippen LogP contribution in [0.15, 0.2) is 15.4 Å². The molecule has 16 heavy (non-hydrogen) atoms. The number of rotatable bonds is 2. The summed E-state index contributed by atoms with van der Waals surface area (Å²) in [7, 11) is 3.32. The lowest BCUT2D eigenvalue weighted by Gasteiger charge is -2.09. The van der Waals surface area contributed by atoms with Crippen LogP contribution in [0.4, 0.5) is 0 Å². The van der Waals surface area contributed by atoms with Crippen molar-refractivity contribution in [2.75, 3.05) is 14.1 Å². The molecule has 1 aromatic rings. The molecule has 0 fully saturated rings. The Morgan fingerprint density at radius 1 is 1.44 bits per heavy atom. The van der Waals surface area contributed by atoms with Crippen LogP contribution in [0.5, 0.6) is 0 Å². The third kappa shape index (κ3) is 3.85. The van der Waals surface area contributed by atoms with Gasteiger partial charge in [-0.2, -0.15) is 0 Å². The summed E-state index contributed by atoms with van der Waals surface area (Å²) < 4.78 is 0. The zero-order valence-corrected chi connectivity index (χ0v) is 10.4. The number of aliphatic imine (C=N–C) groups is 2. The molecule has 0 bridgehead atoms. The number of aryl methyl sites for hydroxylation is 1. The van der Waals surface area contributed by atoms with Crippen LogP contribution in [0, 0.1) is 6.92 Å². The second kappa shape index (κ2) is 6.06. The van der Waals surface area contributed by atoms with Crippen molar-refractivity contribution in [1.29, 1.82) is 0 Å². The zero-order chi connectivity index (χ0) is 12.0. The van der Waals surface area contributed by atoms with Crippen LogP contribution in [0.1, 0.15) is 10.7 Å². The van der Waals surface area contributed by atoms with Crippen LogP contribution in [-0.4, -0.2) is 30.9 Å². The van der Waals surface area contributed by atoms with Crippen molar-refractivity contribution >= 4 is 23.1 Å². The van der Waals surface area contributed by atoms with Crippen molar-refractivity contribution < 1.29 is 0 Å². The van der Waals surface area contributed by atoms with E-state index in [4.69, 9.17) is 5.73 Å². The minimum absolute atomic E-state index is 0.315. The van der Waals surface area contributed by atoms with Gasteiger partial charge in [-0.1, -0.05) is 0 Å².